The molecule has 0 aliphatic carbocycles. The van der Waals surface area contributed by atoms with E-state index in [4.69, 9.17) is 14.6 Å². The number of aromatic carboxylic acids is 1. The number of ether oxygens (including phenoxy) is 2. The molecule has 7 heteroatoms. The van der Waals surface area contributed by atoms with Gasteiger partial charge in [-0.3, -0.25) is 4.79 Å². The number of rotatable bonds is 9. The lowest BCUT2D eigenvalue weighted by Gasteiger charge is -2.13. The zero-order valence-corrected chi connectivity index (χ0v) is 18.9. The third-order valence-corrected chi connectivity index (χ3v) is 4.79. The Morgan fingerprint density at radius 3 is 2.53 bits per heavy atom. The molecule has 0 heterocycles. The van der Waals surface area contributed by atoms with E-state index in [0.29, 0.717) is 30.3 Å². The van der Waals surface area contributed by atoms with Gasteiger partial charge in [-0.2, -0.15) is 5.26 Å². The Kier molecular flexibility index (Phi) is 8.03. The van der Waals surface area contributed by atoms with Crippen molar-refractivity contribution < 1.29 is 24.2 Å². The van der Waals surface area contributed by atoms with Crippen LogP contribution in [0.4, 0.5) is 5.69 Å². The van der Waals surface area contributed by atoms with Gasteiger partial charge in [-0.25, -0.2) is 4.79 Å². The normalized spacial score (nSPS) is 10.8. The first-order chi connectivity index (χ1) is 16.4. The Bertz CT molecular complexity index is 1270. The van der Waals surface area contributed by atoms with E-state index < -0.39 is 11.9 Å². The molecular weight excluding hydrogens is 432 g/mol. The van der Waals surface area contributed by atoms with Crippen molar-refractivity contribution in [2.75, 3.05) is 11.9 Å². The maximum absolute atomic E-state index is 12.6. The molecule has 1 amide bonds. The molecule has 3 rings (SSSR count). The number of benzene rings is 3. The second-order valence-corrected chi connectivity index (χ2v) is 7.43. The van der Waals surface area contributed by atoms with Gasteiger partial charge in [0.25, 0.3) is 5.91 Å². The fraction of sp³-hybridized carbons (Fsp3) is 0.148. The minimum absolute atomic E-state index is 0.0305. The molecule has 2 N–H and O–H groups in total. The Hall–Kier alpha value is -4.57. The summed E-state index contributed by atoms with van der Waals surface area (Å²) in [6.45, 7) is 4.66. The number of carboxylic acid groups (broad SMARTS) is 1. The SMILES string of the molecule is CCOc1cc(/C=C(/C#N)C(=O)Nc2cccc(C(=O)O)c2)ccc1OCc1cccc(C)c1. The van der Waals surface area contributed by atoms with Crippen LogP contribution in [0.1, 0.15) is 34.0 Å². The van der Waals surface area contributed by atoms with E-state index in [2.05, 4.69) is 5.32 Å². The Morgan fingerprint density at radius 2 is 1.82 bits per heavy atom. The summed E-state index contributed by atoms with van der Waals surface area (Å²) in [5.41, 5.74) is 2.92. The molecule has 0 spiro atoms. The standard InChI is InChI=1S/C27H24N2O5/c1-3-33-25-14-19(10-11-24(25)34-17-20-7-4-6-18(2)12-20)13-22(16-28)26(30)29-23-9-5-8-21(15-23)27(31)32/h4-15H,3,17H2,1-2H3,(H,29,30)(H,31,32)/b22-13-. The zero-order valence-electron chi connectivity index (χ0n) is 18.9. The van der Waals surface area contributed by atoms with Crippen LogP contribution in [0.3, 0.4) is 0 Å². The van der Waals surface area contributed by atoms with Gasteiger partial charge in [-0.1, -0.05) is 42.0 Å². The van der Waals surface area contributed by atoms with Gasteiger partial charge in [0.2, 0.25) is 0 Å². The number of carbonyl (C=O) groups excluding carboxylic acids is 1. The number of carboxylic acids is 1. The number of nitrogens with zero attached hydrogens (tertiary/aromatic N) is 1. The summed E-state index contributed by atoms with van der Waals surface area (Å²) in [4.78, 5) is 23.7. The van der Waals surface area contributed by atoms with E-state index in [-0.39, 0.29) is 16.8 Å². The van der Waals surface area contributed by atoms with Crippen LogP contribution in [0, 0.1) is 18.3 Å². The van der Waals surface area contributed by atoms with Crippen LogP contribution in [0.2, 0.25) is 0 Å². The van der Waals surface area contributed by atoms with Crippen LogP contribution in [0.5, 0.6) is 11.5 Å². The van der Waals surface area contributed by atoms with Crippen molar-refractivity contribution in [3.63, 3.8) is 0 Å². The molecule has 0 unspecified atom stereocenters. The number of amides is 1. The molecule has 0 aromatic heterocycles. The smallest absolute Gasteiger partial charge is 0.335 e. The van der Waals surface area contributed by atoms with Crippen LogP contribution in [0.15, 0.2) is 72.3 Å². The van der Waals surface area contributed by atoms with E-state index >= 15 is 0 Å². The molecule has 0 saturated heterocycles. The van der Waals surface area contributed by atoms with Gasteiger partial charge in [0.05, 0.1) is 12.2 Å². The first-order valence-corrected chi connectivity index (χ1v) is 10.6. The number of anilines is 1. The van der Waals surface area contributed by atoms with Gasteiger partial charge < -0.3 is 19.9 Å². The number of nitriles is 1. The van der Waals surface area contributed by atoms with Crippen molar-refractivity contribution in [1.29, 1.82) is 5.26 Å². The highest BCUT2D eigenvalue weighted by Gasteiger charge is 2.13. The highest BCUT2D eigenvalue weighted by molar-refractivity contribution is 6.10. The maximum atomic E-state index is 12.6. The van der Waals surface area contributed by atoms with Crippen LogP contribution >= 0.6 is 0 Å². The van der Waals surface area contributed by atoms with Crippen LogP contribution < -0.4 is 14.8 Å². The lowest BCUT2D eigenvalue weighted by Crippen LogP contribution is -2.14. The van der Waals surface area contributed by atoms with Crippen molar-refractivity contribution >= 4 is 23.6 Å². The average molecular weight is 456 g/mol. The summed E-state index contributed by atoms with van der Waals surface area (Å²) in [5.74, 6) is -0.715. The average Bonchev–Trinajstić information content (AvgIpc) is 2.82. The van der Waals surface area contributed by atoms with E-state index in [9.17, 15) is 14.9 Å². The number of nitrogens with one attached hydrogen (secondary N) is 1. The third-order valence-electron chi connectivity index (χ3n) is 4.79. The summed E-state index contributed by atoms with van der Waals surface area (Å²) in [7, 11) is 0. The molecule has 7 nitrogen and oxygen atoms in total. The van der Waals surface area contributed by atoms with Gasteiger partial charge in [0.15, 0.2) is 11.5 Å². The molecule has 34 heavy (non-hydrogen) atoms. The molecule has 0 fully saturated rings. The molecular formula is C27H24N2O5. The lowest BCUT2D eigenvalue weighted by molar-refractivity contribution is -0.112. The fourth-order valence-electron chi connectivity index (χ4n) is 3.21. The molecule has 0 aliphatic rings. The highest BCUT2D eigenvalue weighted by Crippen LogP contribution is 2.30. The topological polar surface area (TPSA) is 109 Å². The first-order valence-electron chi connectivity index (χ1n) is 10.6. The number of carbonyl (C=O) groups is 2. The van der Waals surface area contributed by atoms with Crippen molar-refractivity contribution in [2.45, 2.75) is 20.5 Å². The first kappa shape index (κ1) is 24.1. The summed E-state index contributed by atoms with van der Waals surface area (Å²) < 4.78 is 11.6. The molecule has 0 radical (unpaired) electrons. The zero-order chi connectivity index (χ0) is 24.5. The van der Waals surface area contributed by atoms with Gasteiger partial charge >= 0.3 is 5.97 Å². The molecule has 3 aromatic rings. The Balaban J connectivity index is 1.78. The monoisotopic (exact) mass is 456 g/mol. The predicted molar refractivity (Wildman–Crippen MR) is 129 cm³/mol. The highest BCUT2D eigenvalue weighted by atomic mass is 16.5. The number of hydrogen-bond acceptors (Lipinski definition) is 5. The van der Waals surface area contributed by atoms with Crippen LogP contribution in [-0.2, 0) is 11.4 Å². The number of hydrogen-bond donors (Lipinski definition) is 2. The van der Waals surface area contributed by atoms with Crippen LogP contribution in [0.25, 0.3) is 6.08 Å². The molecule has 0 saturated carbocycles. The van der Waals surface area contributed by atoms with Crippen molar-refractivity contribution in [2.24, 2.45) is 0 Å². The second-order valence-electron chi connectivity index (χ2n) is 7.43. The fourth-order valence-corrected chi connectivity index (χ4v) is 3.21. The van der Waals surface area contributed by atoms with Crippen molar-refractivity contribution in [3.8, 4) is 17.6 Å². The van der Waals surface area contributed by atoms with Crippen molar-refractivity contribution in [3.05, 3.63) is 94.6 Å². The number of aryl methyl sites for hydroxylation is 1. The Labute approximate surface area is 197 Å². The van der Waals surface area contributed by atoms with E-state index in [1.807, 2.05) is 44.2 Å². The minimum Gasteiger partial charge on any atom is -0.490 e. The van der Waals surface area contributed by atoms with Gasteiger partial charge in [-0.15, -0.1) is 0 Å². The van der Waals surface area contributed by atoms with Gasteiger partial charge in [-0.05, 0) is 61.4 Å². The van der Waals surface area contributed by atoms with E-state index in [1.165, 1.54) is 24.3 Å². The predicted octanol–water partition coefficient (Wildman–Crippen LogP) is 5.22. The minimum atomic E-state index is -1.11. The summed E-state index contributed by atoms with van der Waals surface area (Å²) in [6, 6.07) is 20.9. The van der Waals surface area contributed by atoms with Gasteiger partial charge in [0.1, 0.15) is 18.2 Å². The summed E-state index contributed by atoms with van der Waals surface area (Å²) in [6.07, 6.45) is 1.43. The Morgan fingerprint density at radius 1 is 1.03 bits per heavy atom. The maximum Gasteiger partial charge on any atom is 0.335 e. The van der Waals surface area contributed by atoms with Crippen LogP contribution in [-0.4, -0.2) is 23.6 Å². The van der Waals surface area contributed by atoms with Gasteiger partial charge in [0, 0.05) is 5.69 Å². The largest absolute Gasteiger partial charge is 0.490 e. The molecule has 3 aromatic carbocycles. The second kappa shape index (κ2) is 11.3. The molecule has 0 aliphatic heterocycles. The summed E-state index contributed by atoms with van der Waals surface area (Å²) in [5, 5.41) is 21.2. The van der Waals surface area contributed by atoms with Crippen molar-refractivity contribution in [1.82, 2.24) is 0 Å². The molecule has 0 bridgehead atoms. The third kappa shape index (κ3) is 6.47. The lowest BCUT2D eigenvalue weighted by atomic mass is 10.1. The quantitative estimate of drug-likeness (QED) is 0.338. The summed E-state index contributed by atoms with van der Waals surface area (Å²) >= 11 is 0. The molecule has 172 valence electrons. The molecule has 0 atom stereocenters. The van der Waals surface area contributed by atoms with E-state index in [0.717, 1.165) is 11.1 Å². The van der Waals surface area contributed by atoms with E-state index in [1.54, 1.807) is 24.3 Å².